The molecule has 0 atom stereocenters. The third-order valence-electron chi connectivity index (χ3n) is 2.38. The molecular weight excluding hydrogens is 280 g/mol. The molecule has 0 spiro atoms. The quantitative estimate of drug-likeness (QED) is 0.647. The van der Waals surface area contributed by atoms with Gasteiger partial charge in [0.1, 0.15) is 6.54 Å². The number of anilines is 1. The number of aliphatic carboxylic acids is 1. The first kappa shape index (κ1) is 15.9. The number of nitrogens with one attached hydrogen (secondary N) is 1. The lowest BCUT2D eigenvalue weighted by molar-refractivity contribution is -0.135. The fourth-order valence-electron chi connectivity index (χ4n) is 1.49. The van der Waals surface area contributed by atoms with Crippen molar-refractivity contribution in [3.63, 3.8) is 0 Å². The highest BCUT2D eigenvalue weighted by atomic mass is 35.5. The van der Waals surface area contributed by atoms with Gasteiger partial charge in [0.05, 0.1) is 0 Å². The summed E-state index contributed by atoms with van der Waals surface area (Å²) in [6.07, 6.45) is 0.518. The summed E-state index contributed by atoms with van der Waals surface area (Å²) in [7, 11) is 0. The highest BCUT2D eigenvalue weighted by Gasteiger charge is 2.18. The van der Waals surface area contributed by atoms with E-state index in [0.29, 0.717) is 23.7 Å². The molecule has 0 heterocycles. The number of hydrogen-bond donors (Lipinski definition) is 2. The molecule has 0 saturated heterocycles. The molecule has 6 heteroatoms. The summed E-state index contributed by atoms with van der Waals surface area (Å²) in [5, 5.41) is 12.0. The summed E-state index contributed by atoms with van der Waals surface area (Å²) < 4.78 is 0. The minimum absolute atomic E-state index is 0.364. The van der Waals surface area contributed by atoms with Crippen LogP contribution in [0, 0.1) is 11.8 Å². The van der Waals surface area contributed by atoms with Crippen molar-refractivity contribution in [3.05, 3.63) is 29.3 Å². The third kappa shape index (κ3) is 5.21. The molecule has 0 aliphatic carbocycles. The predicted octanol–water partition coefficient (Wildman–Crippen LogP) is 2.35. The van der Waals surface area contributed by atoms with Gasteiger partial charge in [-0.25, -0.2) is 4.79 Å². The Morgan fingerprint density at radius 1 is 1.35 bits per heavy atom. The maximum absolute atomic E-state index is 12.0. The highest BCUT2D eigenvalue weighted by molar-refractivity contribution is 6.30. The van der Waals surface area contributed by atoms with Crippen LogP contribution in [0.3, 0.4) is 0 Å². The summed E-state index contributed by atoms with van der Waals surface area (Å²) >= 11 is 5.77. The fourth-order valence-corrected chi connectivity index (χ4v) is 1.61. The Balaban J connectivity index is 2.77. The minimum atomic E-state index is -1.09. The van der Waals surface area contributed by atoms with E-state index in [-0.39, 0.29) is 0 Å². The van der Waals surface area contributed by atoms with Crippen molar-refractivity contribution in [2.75, 3.05) is 18.0 Å². The second-order valence-electron chi connectivity index (χ2n) is 3.87. The predicted molar refractivity (Wildman–Crippen MR) is 77.9 cm³/mol. The summed E-state index contributed by atoms with van der Waals surface area (Å²) in [6.45, 7) is 1.66. The molecule has 0 fully saturated rings. The molecular formula is C14H15ClN2O3. The van der Waals surface area contributed by atoms with Crippen LogP contribution in [-0.4, -0.2) is 30.2 Å². The summed E-state index contributed by atoms with van der Waals surface area (Å²) in [5.41, 5.74) is 0.468. The zero-order chi connectivity index (χ0) is 15.0. The molecule has 0 radical (unpaired) electrons. The van der Waals surface area contributed by atoms with E-state index < -0.39 is 18.5 Å². The van der Waals surface area contributed by atoms with Gasteiger partial charge >= 0.3 is 12.0 Å². The van der Waals surface area contributed by atoms with E-state index in [9.17, 15) is 9.59 Å². The molecule has 0 aliphatic heterocycles. The number of hydrogen-bond acceptors (Lipinski definition) is 2. The third-order valence-corrected chi connectivity index (χ3v) is 2.63. The average Bonchev–Trinajstić information content (AvgIpc) is 2.42. The van der Waals surface area contributed by atoms with Crippen molar-refractivity contribution in [2.24, 2.45) is 0 Å². The van der Waals surface area contributed by atoms with Crippen LogP contribution in [0.25, 0.3) is 0 Å². The number of urea groups is 1. The second-order valence-corrected chi connectivity index (χ2v) is 4.30. The van der Waals surface area contributed by atoms with E-state index in [1.54, 1.807) is 31.2 Å². The number of rotatable bonds is 5. The van der Waals surface area contributed by atoms with Gasteiger partial charge < -0.3 is 10.4 Å². The molecule has 0 saturated carbocycles. The number of carbonyl (C=O) groups is 2. The van der Waals surface area contributed by atoms with E-state index in [4.69, 9.17) is 16.7 Å². The number of nitrogens with zero attached hydrogens (tertiary/aromatic N) is 1. The van der Waals surface area contributed by atoms with Crippen LogP contribution in [0.2, 0.25) is 5.02 Å². The number of halogens is 1. The Hall–Kier alpha value is -2.19. The summed E-state index contributed by atoms with van der Waals surface area (Å²) in [6, 6.07) is 5.91. The first-order valence-electron chi connectivity index (χ1n) is 5.97. The normalized spacial score (nSPS) is 9.30. The summed E-state index contributed by atoms with van der Waals surface area (Å²) in [4.78, 5) is 24.0. The van der Waals surface area contributed by atoms with Crippen LogP contribution in [0.15, 0.2) is 24.3 Å². The van der Waals surface area contributed by atoms with Crippen molar-refractivity contribution in [1.29, 1.82) is 0 Å². The Kier molecular flexibility index (Phi) is 6.41. The smallest absolute Gasteiger partial charge is 0.323 e. The topological polar surface area (TPSA) is 69.6 Å². The fraction of sp³-hybridized carbons (Fsp3) is 0.286. The lowest BCUT2D eigenvalue weighted by Crippen LogP contribution is -2.43. The van der Waals surface area contributed by atoms with Gasteiger partial charge in [-0.2, -0.15) is 0 Å². The number of amides is 2. The molecule has 1 aromatic carbocycles. The minimum Gasteiger partial charge on any atom is -0.480 e. The van der Waals surface area contributed by atoms with Crippen LogP contribution >= 0.6 is 11.6 Å². The van der Waals surface area contributed by atoms with Crippen molar-refractivity contribution in [1.82, 2.24) is 5.32 Å². The van der Waals surface area contributed by atoms with Gasteiger partial charge in [-0.1, -0.05) is 11.6 Å². The maximum Gasteiger partial charge on any atom is 0.323 e. The number of carbonyl (C=O) groups excluding carboxylic acids is 1. The standard InChI is InChI=1S/C14H15ClN2O3/c1-2-3-4-9-16-14(20)17(10-13(18)19)12-7-5-11(15)6-8-12/h5-8H,4,9-10H2,1H3,(H,16,20)(H,18,19). The van der Waals surface area contributed by atoms with Crippen LogP contribution in [0.5, 0.6) is 0 Å². The largest absolute Gasteiger partial charge is 0.480 e. The van der Waals surface area contributed by atoms with E-state index in [1.165, 1.54) is 0 Å². The van der Waals surface area contributed by atoms with Gasteiger partial charge in [-0.05, 0) is 31.2 Å². The Morgan fingerprint density at radius 3 is 2.55 bits per heavy atom. The van der Waals surface area contributed by atoms with E-state index in [2.05, 4.69) is 17.2 Å². The summed E-state index contributed by atoms with van der Waals surface area (Å²) in [5.74, 6) is 4.44. The van der Waals surface area contributed by atoms with Crippen molar-refractivity contribution in [2.45, 2.75) is 13.3 Å². The highest BCUT2D eigenvalue weighted by Crippen LogP contribution is 2.18. The first-order chi connectivity index (χ1) is 9.54. The van der Waals surface area contributed by atoms with E-state index in [0.717, 1.165) is 4.90 Å². The molecule has 0 bridgehead atoms. The lowest BCUT2D eigenvalue weighted by Gasteiger charge is -2.21. The molecule has 2 N–H and O–H groups in total. The molecule has 1 rings (SSSR count). The van der Waals surface area contributed by atoms with Crippen LogP contribution in [0.1, 0.15) is 13.3 Å². The Labute approximate surface area is 122 Å². The van der Waals surface area contributed by atoms with Crippen molar-refractivity contribution >= 4 is 29.3 Å². The van der Waals surface area contributed by atoms with Gasteiger partial charge in [-0.3, -0.25) is 9.69 Å². The SMILES string of the molecule is CC#CCCNC(=O)N(CC(=O)O)c1ccc(Cl)cc1. The molecule has 1 aromatic rings. The van der Waals surface area contributed by atoms with Crippen LogP contribution in [0.4, 0.5) is 10.5 Å². The molecule has 5 nitrogen and oxygen atoms in total. The average molecular weight is 295 g/mol. The maximum atomic E-state index is 12.0. The van der Waals surface area contributed by atoms with Crippen LogP contribution in [-0.2, 0) is 4.79 Å². The van der Waals surface area contributed by atoms with Crippen molar-refractivity contribution in [3.8, 4) is 11.8 Å². The molecule has 0 unspecified atom stereocenters. The monoisotopic (exact) mass is 294 g/mol. The first-order valence-corrected chi connectivity index (χ1v) is 6.34. The second kappa shape index (κ2) is 8.08. The molecule has 106 valence electrons. The van der Waals surface area contributed by atoms with Crippen molar-refractivity contribution < 1.29 is 14.7 Å². The molecule has 20 heavy (non-hydrogen) atoms. The van der Waals surface area contributed by atoms with Gasteiger partial charge in [0, 0.05) is 23.7 Å². The van der Waals surface area contributed by atoms with Gasteiger partial charge in [0.25, 0.3) is 0 Å². The van der Waals surface area contributed by atoms with E-state index >= 15 is 0 Å². The number of carboxylic acids is 1. The molecule has 2 amide bonds. The van der Waals surface area contributed by atoms with Gasteiger partial charge in [0.15, 0.2) is 0 Å². The lowest BCUT2D eigenvalue weighted by atomic mass is 10.3. The number of carboxylic acid groups (broad SMARTS) is 1. The Morgan fingerprint density at radius 2 is 2.00 bits per heavy atom. The van der Waals surface area contributed by atoms with Gasteiger partial charge in [-0.15, -0.1) is 11.8 Å². The van der Waals surface area contributed by atoms with Gasteiger partial charge in [0.2, 0.25) is 0 Å². The zero-order valence-electron chi connectivity index (χ0n) is 11.0. The van der Waals surface area contributed by atoms with Crippen LogP contribution < -0.4 is 10.2 Å². The Bertz CT molecular complexity index is 532. The molecule has 0 aliphatic rings. The zero-order valence-corrected chi connectivity index (χ0v) is 11.8. The number of benzene rings is 1. The molecule has 0 aromatic heterocycles. The van der Waals surface area contributed by atoms with E-state index in [1.807, 2.05) is 0 Å².